The van der Waals surface area contributed by atoms with Gasteiger partial charge in [0.1, 0.15) is 5.82 Å². The van der Waals surface area contributed by atoms with E-state index in [0.717, 1.165) is 31.5 Å². The predicted octanol–water partition coefficient (Wildman–Crippen LogP) is 3.27. The van der Waals surface area contributed by atoms with E-state index in [4.69, 9.17) is 0 Å². The van der Waals surface area contributed by atoms with Gasteiger partial charge < -0.3 is 4.90 Å². The molecule has 4 heteroatoms. The molecule has 0 aliphatic carbocycles. The van der Waals surface area contributed by atoms with Crippen LogP contribution in [0.2, 0.25) is 0 Å². The molecule has 3 nitrogen and oxygen atoms in total. The molecule has 1 aromatic rings. The van der Waals surface area contributed by atoms with Crippen molar-refractivity contribution < 1.29 is 9.18 Å². The summed E-state index contributed by atoms with van der Waals surface area (Å²) in [6, 6.07) is 6.23. The lowest BCUT2D eigenvalue weighted by Gasteiger charge is -2.27. The van der Waals surface area contributed by atoms with Crippen LogP contribution in [0.15, 0.2) is 24.3 Å². The number of likely N-dealkylation sites (tertiary alicyclic amines) is 1. The van der Waals surface area contributed by atoms with Crippen molar-refractivity contribution in [2.45, 2.75) is 51.6 Å². The van der Waals surface area contributed by atoms with E-state index < -0.39 is 0 Å². The van der Waals surface area contributed by atoms with Crippen LogP contribution in [-0.4, -0.2) is 29.9 Å². The van der Waals surface area contributed by atoms with E-state index in [1.54, 1.807) is 6.07 Å². The monoisotopic (exact) mass is 292 g/mol. The van der Waals surface area contributed by atoms with Crippen molar-refractivity contribution in [3.05, 3.63) is 35.6 Å². The predicted molar refractivity (Wildman–Crippen MR) is 82.5 cm³/mol. The highest BCUT2D eigenvalue weighted by atomic mass is 19.1. The number of nitrogens with one attached hydrogen (secondary N) is 1. The van der Waals surface area contributed by atoms with E-state index in [1.165, 1.54) is 25.0 Å². The van der Waals surface area contributed by atoms with Gasteiger partial charge in [0.2, 0.25) is 5.91 Å². The minimum Gasteiger partial charge on any atom is -0.341 e. The number of carbonyl (C=O) groups is 1. The largest absolute Gasteiger partial charge is 0.341 e. The highest BCUT2D eigenvalue weighted by Crippen LogP contribution is 2.16. The van der Waals surface area contributed by atoms with Crippen LogP contribution in [0, 0.1) is 5.82 Å². The third-order valence-electron chi connectivity index (χ3n) is 4.14. The average molecular weight is 292 g/mol. The molecule has 0 spiro atoms. The van der Waals surface area contributed by atoms with E-state index >= 15 is 0 Å². The average Bonchev–Trinajstić information content (AvgIpc) is 2.75. The van der Waals surface area contributed by atoms with Gasteiger partial charge >= 0.3 is 0 Å². The lowest BCUT2D eigenvalue weighted by molar-refractivity contribution is -0.133. The summed E-state index contributed by atoms with van der Waals surface area (Å²) in [6.07, 6.45) is 4.62. The first-order valence-corrected chi connectivity index (χ1v) is 7.88. The molecule has 1 saturated heterocycles. The summed E-state index contributed by atoms with van der Waals surface area (Å²) in [5.74, 6) is -0.0900. The summed E-state index contributed by atoms with van der Waals surface area (Å²) < 4.78 is 13.3. The molecule has 1 N–H and O–H groups in total. The second kappa shape index (κ2) is 7.55. The zero-order valence-corrected chi connectivity index (χ0v) is 12.9. The molecule has 1 aliphatic rings. The summed E-state index contributed by atoms with van der Waals surface area (Å²) in [6.45, 7) is 5.57. The van der Waals surface area contributed by atoms with Crippen LogP contribution < -0.4 is 5.32 Å². The van der Waals surface area contributed by atoms with Gasteiger partial charge in [0, 0.05) is 19.1 Å². The van der Waals surface area contributed by atoms with E-state index in [-0.39, 0.29) is 23.8 Å². The topological polar surface area (TPSA) is 32.3 Å². The van der Waals surface area contributed by atoms with Gasteiger partial charge in [0.15, 0.2) is 0 Å². The van der Waals surface area contributed by atoms with Crippen LogP contribution in [0.5, 0.6) is 0 Å². The third-order valence-corrected chi connectivity index (χ3v) is 4.14. The second-order valence-corrected chi connectivity index (χ2v) is 5.90. The summed E-state index contributed by atoms with van der Waals surface area (Å²) in [4.78, 5) is 14.4. The summed E-state index contributed by atoms with van der Waals surface area (Å²) in [5, 5.41) is 3.28. The van der Waals surface area contributed by atoms with E-state index in [1.807, 2.05) is 24.8 Å². The first-order valence-electron chi connectivity index (χ1n) is 7.88. The van der Waals surface area contributed by atoms with E-state index in [9.17, 15) is 9.18 Å². The minimum absolute atomic E-state index is 0.0494. The zero-order chi connectivity index (χ0) is 15.2. The molecule has 1 amide bonds. The van der Waals surface area contributed by atoms with Gasteiger partial charge in [-0.3, -0.25) is 10.1 Å². The fourth-order valence-electron chi connectivity index (χ4n) is 2.88. The van der Waals surface area contributed by atoms with Crippen molar-refractivity contribution in [3.8, 4) is 0 Å². The van der Waals surface area contributed by atoms with Gasteiger partial charge in [-0.1, -0.05) is 25.0 Å². The van der Waals surface area contributed by atoms with Crippen LogP contribution in [0.4, 0.5) is 4.39 Å². The molecule has 0 saturated carbocycles. The van der Waals surface area contributed by atoms with Crippen molar-refractivity contribution in [1.29, 1.82) is 0 Å². The molecule has 0 radical (unpaired) electrons. The number of rotatable bonds is 4. The highest BCUT2D eigenvalue weighted by molar-refractivity contribution is 5.81. The Kier molecular flexibility index (Phi) is 5.74. The Morgan fingerprint density at radius 3 is 2.48 bits per heavy atom. The molecule has 1 fully saturated rings. The number of amides is 1. The van der Waals surface area contributed by atoms with Crippen molar-refractivity contribution in [3.63, 3.8) is 0 Å². The zero-order valence-electron chi connectivity index (χ0n) is 12.9. The number of nitrogens with zero attached hydrogens (tertiary/aromatic N) is 1. The highest BCUT2D eigenvalue weighted by Gasteiger charge is 2.22. The molecule has 0 bridgehead atoms. The van der Waals surface area contributed by atoms with Crippen molar-refractivity contribution in [2.75, 3.05) is 13.1 Å². The number of hydrogen-bond acceptors (Lipinski definition) is 2. The lowest BCUT2D eigenvalue weighted by Crippen LogP contribution is -2.45. The van der Waals surface area contributed by atoms with Crippen LogP contribution >= 0.6 is 0 Å². The van der Waals surface area contributed by atoms with Crippen LogP contribution in [0.1, 0.15) is 51.1 Å². The molecule has 1 unspecified atom stereocenters. The van der Waals surface area contributed by atoms with Crippen molar-refractivity contribution in [1.82, 2.24) is 10.2 Å². The SMILES string of the molecule is CC(N[C@@H](C)c1cccc(F)c1)C(=O)N1CCCCCC1. The van der Waals surface area contributed by atoms with E-state index in [0.29, 0.717) is 0 Å². The van der Waals surface area contributed by atoms with Crippen molar-refractivity contribution in [2.24, 2.45) is 0 Å². The molecule has 0 aromatic heterocycles. The van der Waals surface area contributed by atoms with Gasteiger partial charge in [-0.05, 0) is 44.4 Å². The maximum Gasteiger partial charge on any atom is 0.239 e. The smallest absolute Gasteiger partial charge is 0.239 e. The maximum atomic E-state index is 13.3. The minimum atomic E-state index is -0.249. The number of benzene rings is 1. The van der Waals surface area contributed by atoms with Gasteiger partial charge in [0.25, 0.3) is 0 Å². The molecule has 2 atom stereocenters. The van der Waals surface area contributed by atoms with Gasteiger partial charge in [-0.2, -0.15) is 0 Å². The summed E-state index contributed by atoms with van der Waals surface area (Å²) in [7, 11) is 0. The van der Waals surface area contributed by atoms with Crippen molar-refractivity contribution >= 4 is 5.91 Å². The normalized spacial score (nSPS) is 18.9. The second-order valence-electron chi connectivity index (χ2n) is 5.90. The molecule has 1 heterocycles. The van der Waals surface area contributed by atoms with Crippen LogP contribution in [0.3, 0.4) is 0 Å². The molecule has 1 aliphatic heterocycles. The summed E-state index contributed by atoms with van der Waals surface area (Å²) >= 11 is 0. The van der Waals surface area contributed by atoms with Gasteiger partial charge in [-0.25, -0.2) is 4.39 Å². The van der Waals surface area contributed by atoms with Gasteiger partial charge in [-0.15, -0.1) is 0 Å². The fourth-order valence-corrected chi connectivity index (χ4v) is 2.88. The van der Waals surface area contributed by atoms with E-state index in [2.05, 4.69) is 5.32 Å². The Labute approximate surface area is 126 Å². The van der Waals surface area contributed by atoms with Crippen LogP contribution in [-0.2, 0) is 4.79 Å². The molecular weight excluding hydrogens is 267 g/mol. The van der Waals surface area contributed by atoms with Gasteiger partial charge in [0.05, 0.1) is 6.04 Å². The number of hydrogen-bond donors (Lipinski definition) is 1. The Balaban J connectivity index is 1.93. The lowest BCUT2D eigenvalue weighted by atomic mass is 10.1. The molecule has 1 aromatic carbocycles. The number of carbonyl (C=O) groups excluding carboxylic acids is 1. The first-order chi connectivity index (χ1) is 10.1. The fraction of sp³-hybridized carbons (Fsp3) is 0.588. The molecular formula is C17H25FN2O. The Hall–Kier alpha value is -1.42. The Bertz CT molecular complexity index is 470. The van der Waals surface area contributed by atoms with Crippen LogP contribution in [0.25, 0.3) is 0 Å². The molecule has 116 valence electrons. The summed E-state index contributed by atoms with van der Waals surface area (Å²) in [5.41, 5.74) is 0.866. The Morgan fingerprint density at radius 2 is 1.86 bits per heavy atom. The molecule has 21 heavy (non-hydrogen) atoms. The quantitative estimate of drug-likeness (QED) is 0.923. The third kappa shape index (κ3) is 4.53. The maximum absolute atomic E-state index is 13.3. The number of halogens is 1. The Morgan fingerprint density at radius 1 is 1.19 bits per heavy atom. The molecule has 2 rings (SSSR count). The standard InChI is InChI=1S/C17H25FN2O/c1-13(15-8-7-9-16(18)12-15)19-14(2)17(21)20-10-5-3-4-6-11-20/h7-9,12-14,19H,3-6,10-11H2,1-2H3/t13-,14?/m0/s1. The first kappa shape index (κ1) is 16.0.